The lowest BCUT2D eigenvalue weighted by Crippen LogP contribution is -2.41. The van der Waals surface area contributed by atoms with Crippen molar-refractivity contribution in [2.24, 2.45) is 11.5 Å². The van der Waals surface area contributed by atoms with Gasteiger partial charge >= 0.3 is 0 Å². The monoisotopic (exact) mass is 114 g/mol. The third-order valence-electron chi connectivity index (χ3n) is 0.987. The fourth-order valence-electron chi connectivity index (χ4n) is 0.449. The van der Waals surface area contributed by atoms with E-state index in [0.717, 1.165) is 0 Å². The molecule has 0 radical (unpaired) electrons. The highest BCUT2D eigenvalue weighted by atomic mass is 14.8. The van der Waals surface area contributed by atoms with Gasteiger partial charge in [0.2, 0.25) is 0 Å². The fraction of sp³-hybridized carbons (Fsp3) is 0.667. The van der Waals surface area contributed by atoms with Crippen LogP contribution in [0.25, 0.3) is 0 Å². The molecule has 0 fully saturated rings. The van der Waals surface area contributed by atoms with E-state index in [9.17, 15) is 0 Å². The van der Waals surface area contributed by atoms with Crippen molar-refractivity contribution in [2.75, 3.05) is 6.54 Å². The summed E-state index contributed by atoms with van der Waals surface area (Å²) in [6.45, 7) is 4.32. The second-order valence-electron chi connectivity index (χ2n) is 2.21. The zero-order valence-electron chi connectivity index (χ0n) is 5.52. The fourth-order valence-corrected chi connectivity index (χ4v) is 0.449. The van der Waals surface area contributed by atoms with Crippen LogP contribution in [-0.4, -0.2) is 12.1 Å². The first-order valence-corrected chi connectivity index (χ1v) is 2.75. The van der Waals surface area contributed by atoms with Crippen molar-refractivity contribution in [3.05, 3.63) is 12.2 Å². The molecule has 2 nitrogen and oxygen atoms in total. The van der Waals surface area contributed by atoms with E-state index in [-0.39, 0.29) is 5.54 Å². The lowest BCUT2D eigenvalue weighted by Gasteiger charge is -2.15. The maximum atomic E-state index is 5.61. The molecule has 0 aromatic heterocycles. The summed E-state index contributed by atoms with van der Waals surface area (Å²) in [5.41, 5.74) is 10.6. The molecular formula is C6H14N2. The number of allylic oxidation sites excluding steroid dienone is 1. The molecule has 0 spiro atoms. The minimum atomic E-state index is -0.311. The molecule has 8 heavy (non-hydrogen) atoms. The highest BCUT2D eigenvalue weighted by Crippen LogP contribution is 1.95. The maximum absolute atomic E-state index is 5.61. The van der Waals surface area contributed by atoms with Crippen LogP contribution in [-0.2, 0) is 0 Å². The van der Waals surface area contributed by atoms with Crippen LogP contribution in [0.2, 0.25) is 0 Å². The van der Waals surface area contributed by atoms with E-state index >= 15 is 0 Å². The lowest BCUT2D eigenvalue weighted by molar-refractivity contribution is 0.597. The molecule has 48 valence electrons. The van der Waals surface area contributed by atoms with Gasteiger partial charge in [0.05, 0.1) is 0 Å². The van der Waals surface area contributed by atoms with E-state index in [1.807, 2.05) is 26.0 Å². The predicted octanol–water partition coefficient (Wildman–Crippen LogP) is 0.239. The summed E-state index contributed by atoms with van der Waals surface area (Å²) in [4.78, 5) is 0. The van der Waals surface area contributed by atoms with Crippen molar-refractivity contribution in [3.63, 3.8) is 0 Å². The highest BCUT2D eigenvalue weighted by molar-refractivity contribution is 5.00. The highest BCUT2D eigenvalue weighted by Gasteiger charge is 2.08. The number of rotatable bonds is 2. The summed E-state index contributed by atoms with van der Waals surface area (Å²) in [7, 11) is 0. The molecule has 0 rings (SSSR count). The molecule has 0 aromatic rings. The van der Waals surface area contributed by atoms with Gasteiger partial charge in [0, 0.05) is 12.1 Å². The molecule has 0 bridgehead atoms. The zero-order valence-corrected chi connectivity index (χ0v) is 5.52. The Hall–Kier alpha value is -0.340. The van der Waals surface area contributed by atoms with Gasteiger partial charge in [-0.3, -0.25) is 0 Å². The summed E-state index contributed by atoms with van der Waals surface area (Å²) in [5, 5.41) is 0. The van der Waals surface area contributed by atoms with E-state index < -0.39 is 0 Å². The first-order valence-electron chi connectivity index (χ1n) is 2.75. The number of hydrogen-bond acceptors (Lipinski definition) is 2. The molecular weight excluding hydrogens is 100 g/mol. The number of nitrogens with two attached hydrogens (primary N) is 2. The van der Waals surface area contributed by atoms with Crippen LogP contribution in [0.3, 0.4) is 0 Å². The van der Waals surface area contributed by atoms with Crippen LogP contribution < -0.4 is 11.5 Å². The van der Waals surface area contributed by atoms with Crippen LogP contribution in [0.1, 0.15) is 13.8 Å². The van der Waals surface area contributed by atoms with E-state index in [4.69, 9.17) is 11.5 Å². The molecule has 0 saturated carbocycles. The molecule has 0 aliphatic heterocycles. The Morgan fingerprint density at radius 3 is 2.25 bits per heavy atom. The molecule has 1 atom stereocenters. The summed E-state index contributed by atoms with van der Waals surface area (Å²) in [6, 6.07) is 0. The molecule has 2 heteroatoms. The van der Waals surface area contributed by atoms with Crippen molar-refractivity contribution in [1.29, 1.82) is 0 Å². The molecule has 0 aliphatic carbocycles. The third kappa shape index (κ3) is 2.77. The molecule has 0 saturated heterocycles. The van der Waals surface area contributed by atoms with E-state index in [0.29, 0.717) is 6.54 Å². The van der Waals surface area contributed by atoms with E-state index in [2.05, 4.69) is 0 Å². The van der Waals surface area contributed by atoms with Crippen molar-refractivity contribution in [1.82, 2.24) is 0 Å². The van der Waals surface area contributed by atoms with E-state index in [1.54, 1.807) is 0 Å². The zero-order chi connectivity index (χ0) is 6.62. The van der Waals surface area contributed by atoms with Crippen LogP contribution in [0, 0.1) is 0 Å². The van der Waals surface area contributed by atoms with Gasteiger partial charge in [-0.2, -0.15) is 0 Å². The minimum absolute atomic E-state index is 0.311. The average Bonchev–Trinajstić information content (AvgIpc) is 1.67. The Balaban J connectivity index is 3.71. The van der Waals surface area contributed by atoms with E-state index in [1.165, 1.54) is 0 Å². The van der Waals surface area contributed by atoms with Gasteiger partial charge in [0.25, 0.3) is 0 Å². The van der Waals surface area contributed by atoms with Gasteiger partial charge in [-0.05, 0) is 13.8 Å². The Morgan fingerprint density at radius 1 is 1.62 bits per heavy atom. The molecule has 4 N–H and O–H groups in total. The van der Waals surface area contributed by atoms with Crippen LogP contribution >= 0.6 is 0 Å². The van der Waals surface area contributed by atoms with Crippen LogP contribution in [0.4, 0.5) is 0 Å². The van der Waals surface area contributed by atoms with Crippen molar-refractivity contribution < 1.29 is 0 Å². The standard InChI is InChI=1S/C6H14N2/c1-3-4-6(2,8)5-7/h3-4H,5,7-8H2,1-2H3/b4-3-. The summed E-state index contributed by atoms with van der Waals surface area (Å²) in [5.74, 6) is 0. The van der Waals surface area contributed by atoms with Gasteiger partial charge in [-0.1, -0.05) is 12.2 Å². The molecule has 0 amide bonds. The van der Waals surface area contributed by atoms with Crippen molar-refractivity contribution in [3.8, 4) is 0 Å². The Kier molecular flexibility index (Phi) is 2.72. The van der Waals surface area contributed by atoms with Crippen LogP contribution in [0.5, 0.6) is 0 Å². The van der Waals surface area contributed by atoms with Gasteiger partial charge < -0.3 is 11.5 Å². The number of hydrogen-bond donors (Lipinski definition) is 2. The SMILES string of the molecule is C/C=C\C(C)(N)CN. The average molecular weight is 114 g/mol. The van der Waals surface area contributed by atoms with Crippen molar-refractivity contribution >= 4 is 0 Å². The van der Waals surface area contributed by atoms with Gasteiger partial charge in [0.15, 0.2) is 0 Å². The molecule has 0 aliphatic rings. The Morgan fingerprint density at radius 2 is 2.12 bits per heavy atom. The molecule has 0 heterocycles. The Bertz CT molecular complexity index is 84.5. The summed E-state index contributed by atoms with van der Waals surface area (Å²) >= 11 is 0. The third-order valence-corrected chi connectivity index (χ3v) is 0.987. The topological polar surface area (TPSA) is 52.0 Å². The first-order chi connectivity index (χ1) is 3.62. The predicted molar refractivity (Wildman–Crippen MR) is 36.5 cm³/mol. The van der Waals surface area contributed by atoms with Gasteiger partial charge in [-0.15, -0.1) is 0 Å². The largest absolute Gasteiger partial charge is 0.328 e. The minimum Gasteiger partial charge on any atom is -0.328 e. The van der Waals surface area contributed by atoms with Crippen LogP contribution in [0.15, 0.2) is 12.2 Å². The molecule has 0 aromatic carbocycles. The second kappa shape index (κ2) is 2.84. The Labute approximate surface area is 50.6 Å². The summed E-state index contributed by atoms with van der Waals surface area (Å²) in [6.07, 6.45) is 3.81. The summed E-state index contributed by atoms with van der Waals surface area (Å²) < 4.78 is 0. The van der Waals surface area contributed by atoms with Gasteiger partial charge in [0.1, 0.15) is 0 Å². The second-order valence-corrected chi connectivity index (χ2v) is 2.21. The quantitative estimate of drug-likeness (QED) is 0.505. The lowest BCUT2D eigenvalue weighted by atomic mass is 10.0. The normalized spacial score (nSPS) is 19.0. The smallest absolute Gasteiger partial charge is 0.0434 e. The molecule has 1 unspecified atom stereocenters. The first kappa shape index (κ1) is 7.66. The maximum Gasteiger partial charge on any atom is 0.0434 e. The van der Waals surface area contributed by atoms with Crippen molar-refractivity contribution in [2.45, 2.75) is 19.4 Å². The van der Waals surface area contributed by atoms with Gasteiger partial charge in [-0.25, -0.2) is 0 Å².